The lowest BCUT2D eigenvalue weighted by atomic mass is 9.61. The molecule has 1 aromatic carbocycles. The molecule has 1 atom stereocenters. The highest BCUT2D eigenvalue weighted by Crippen LogP contribution is 2.55. The maximum atomic E-state index is 12.8. The number of carbonyl (C=O) groups is 1. The molecule has 4 nitrogen and oxygen atoms in total. The number of carbonyl (C=O) groups excluding carboxylic acids is 1. The van der Waals surface area contributed by atoms with Crippen molar-refractivity contribution in [3.8, 4) is 0 Å². The van der Waals surface area contributed by atoms with E-state index >= 15 is 0 Å². The molecule has 0 radical (unpaired) electrons. The van der Waals surface area contributed by atoms with E-state index in [-0.39, 0.29) is 21.9 Å². The molecule has 2 aromatic rings. The predicted molar refractivity (Wildman–Crippen MR) is 91.3 cm³/mol. The van der Waals surface area contributed by atoms with Gasteiger partial charge in [0.25, 0.3) is 11.5 Å². The summed E-state index contributed by atoms with van der Waals surface area (Å²) in [5.41, 5.74) is 1.12. The monoisotopic (exact) mass is 348 g/mol. The lowest BCUT2D eigenvalue weighted by Gasteiger charge is -2.43. The summed E-state index contributed by atoms with van der Waals surface area (Å²) in [6, 6.07) is 10.4. The molecule has 1 aliphatic carbocycles. The Balaban J connectivity index is 1.64. The minimum absolute atomic E-state index is 0.0193. The Morgan fingerprint density at radius 2 is 2.04 bits per heavy atom. The van der Waals surface area contributed by atoms with Crippen LogP contribution in [0.3, 0.4) is 0 Å². The summed E-state index contributed by atoms with van der Waals surface area (Å²) in [6.07, 6.45) is 3.55. The third-order valence-electron chi connectivity index (χ3n) is 5.33. The van der Waals surface area contributed by atoms with Crippen LogP contribution in [0.2, 0.25) is 5.02 Å². The van der Waals surface area contributed by atoms with Crippen LogP contribution >= 0.6 is 23.1 Å². The molecule has 1 N–H and O–H groups in total. The van der Waals surface area contributed by atoms with Gasteiger partial charge in [-0.15, -0.1) is 0 Å². The van der Waals surface area contributed by atoms with Gasteiger partial charge in [0.15, 0.2) is 0 Å². The van der Waals surface area contributed by atoms with E-state index in [2.05, 4.69) is 28.6 Å². The fraction of sp³-hybridized carbons (Fsp3) is 0.412. The van der Waals surface area contributed by atoms with Gasteiger partial charge in [0, 0.05) is 19.0 Å². The van der Waals surface area contributed by atoms with Crippen molar-refractivity contribution in [2.45, 2.75) is 25.2 Å². The van der Waals surface area contributed by atoms with E-state index in [1.807, 2.05) is 11.0 Å². The van der Waals surface area contributed by atoms with Crippen LogP contribution in [0, 0.1) is 5.41 Å². The van der Waals surface area contributed by atoms with Crippen molar-refractivity contribution in [3.63, 3.8) is 0 Å². The number of benzene rings is 1. The predicted octanol–water partition coefficient (Wildman–Crippen LogP) is 3.50. The summed E-state index contributed by atoms with van der Waals surface area (Å²) < 4.78 is 2.54. The van der Waals surface area contributed by atoms with Gasteiger partial charge in [-0.3, -0.25) is 14.0 Å². The highest BCUT2D eigenvalue weighted by molar-refractivity contribution is 7.08. The number of halogens is 1. The summed E-state index contributed by atoms with van der Waals surface area (Å²) in [6.45, 7) is 1.46. The quantitative estimate of drug-likeness (QED) is 0.903. The van der Waals surface area contributed by atoms with Crippen LogP contribution < -0.4 is 5.56 Å². The zero-order valence-electron chi connectivity index (χ0n) is 12.5. The molecule has 2 aliphatic rings. The molecule has 23 heavy (non-hydrogen) atoms. The Kier molecular flexibility index (Phi) is 3.58. The third kappa shape index (κ3) is 2.34. The molecular weight excluding hydrogens is 332 g/mol. The van der Waals surface area contributed by atoms with Gasteiger partial charge in [-0.25, -0.2) is 0 Å². The smallest absolute Gasteiger partial charge is 0.277 e. The lowest BCUT2D eigenvalue weighted by Crippen LogP contribution is -2.37. The highest BCUT2D eigenvalue weighted by atomic mass is 35.5. The van der Waals surface area contributed by atoms with Crippen molar-refractivity contribution < 1.29 is 4.79 Å². The minimum Gasteiger partial charge on any atom is -0.337 e. The number of likely N-dealkylation sites (tertiary alicyclic amines) is 1. The van der Waals surface area contributed by atoms with Crippen LogP contribution in [0.15, 0.2) is 35.1 Å². The summed E-state index contributed by atoms with van der Waals surface area (Å²) in [5, 5.41) is 0.0193. The average molecular weight is 349 g/mol. The van der Waals surface area contributed by atoms with Crippen molar-refractivity contribution in [2.24, 2.45) is 5.41 Å². The fourth-order valence-corrected chi connectivity index (χ4v) is 4.97. The molecule has 6 heteroatoms. The number of nitrogens with zero attached hydrogens (tertiary/aromatic N) is 1. The summed E-state index contributed by atoms with van der Waals surface area (Å²) in [4.78, 5) is 26.5. The Morgan fingerprint density at radius 3 is 2.61 bits per heavy atom. The molecule has 1 aromatic heterocycles. The van der Waals surface area contributed by atoms with E-state index in [4.69, 9.17) is 11.6 Å². The molecular formula is C17H17ClN2O2S. The summed E-state index contributed by atoms with van der Waals surface area (Å²) in [5.74, 6) is 0.249. The number of aromatic nitrogens is 1. The van der Waals surface area contributed by atoms with Gasteiger partial charge < -0.3 is 4.90 Å². The Hall–Kier alpha value is -1.59. The molecule has 1 amide bonds. The summed E-state index contributed by atoms with van der Waals surface area (Å²) in [7, 11) is 0. The first-order chi connectivity index (χ1) is 11.1. The van der Waals surface area contributed by atoms with Gasteiger partial charge >= 0.3 is 0 Å². The molecule has 1 saturated carbocycles. The maximum Gasteiger partial charge on any atom is 0.277 e. The van der Waals surface area contributed by atoms with E-state index in [0.29, 0.717) is 17.3 Å². The number of amides is 1. The van der Waals surface area contributed by atoms with E-state index in [1.165, 1.54) is 12.0 Å². The second-order valence-corrected chi connectivity index (χ2v) is 7.74. The maximum absolute atomic E-state index is 12.8. The number of rotatable bonds is 2. The van der Waals surface area contributed by atoms with Crippen LogP contribution in [-0.2, 0) is 0 Å². The van der Waals surface area contributed by atoms with Crippen molar-refractivity contribution >= 4 is 29.0 Å². The van der Waals surface area contributed by atoms with Crippen molar-refractivity contribution in [1.29, 1.82) is 0 Å². The molecule has 4 rings (SSSR count). The number of nitrogens with one attached hydrogen (secondary N) is 1. The number of hydrogen-bond acceptors (Lipinski definition) is 3. The van der Waals surface area contributed by atoms with Crippen LogP contribution in [0.5, 0.6) is 0 Å². The van der Waals surface area contributed by atoms with Crippen molar-refractivity contribution in [3.05, 3.63) is 56.1 Å². The van der Waals surface area contributed by atoms with Crippen molar-refractivity contribution in [1.82, 2.24) is 9.27 Å². The zero-order chi connectivity index (χ0) is 16.0. The topological polar surface area (TPSA) is 53.2 Å². The average Bonchev–Trinajstić information content (AvgIpc) is 3.10. The molecule has 2 fully saturated rings. The molecule has 1 saturated heterocycles. The largest absolute Gasteiger partial charge is 0.337 e. The number of aromatic amines is 1. The Labute approximate surface area is 143 Å². The molecule has 1 unspecified atom stereocenters. The van der Waals surface area contributed by atoms with Gasteiger partial charge in [-0.1, -0.05) is 59.9 Å². The van der Waals surface area contributed by atoms with Gasteiger partial charge in [0.2, 0.25) is 0 Å². The van der Waals surface area contributed by atoms with Gasteiger partial charge in [-0.05, 0) is 23.8 Å². The molecule has 1 aliphatic heterocycles. The van der Waals surface area contributed by atoms with Crippen LogP contribution in [0.1, 0.15) is 40.4 Å². The van der Waals surface area contributed by atoms with E-state index in [9.17, 15) is 9.59 Å². The highest BCUT2D eigenvalue weighted by Gasteiger charge is 2.52. The number of hydrogen-bond donors (Lipinski definition) is 1. The zero-order valence-corrected chi connectivity index (χ0v) is 14.1. The minimum atomic E-state index is -0.378. The first-order valence-electron chi connectivity index (χ1n) is 7.82. The van der Waals surface area contributed by atoms with Gasteiger partial charge in [0.1, 0.15) is 9.90 Å². The Morgan fingerprint density at radius 1 is 1.30 bits per heavy atom. The standard InChI is InChI=1S/C17H17ClN2O2S/c18-13-14(23-19-15(13)21)16(22)20-9-12(11-5-2-1-3-6-11)17(10-20)7-4-8-17/h1-3,5-6,12H,4,7-10H2,(H,19,21). The first kappa shape index (κ1) is 15.0. The third-order valence-corrected chi connectivity index (χ3v) is 6.67. The van der Waals surface area contributed by atoms with E-state index < -0.39 is 0 Å². The lowest BCUT2D eigenvalue weighted by molar-refractivity contribution is 0.0730. The molecule has 120 valence electrons. The fourth-order valence-electron chi connectivity index (χ4n) is 3.98. The van der Waals surface area contributed by atoms with Crippen LogP contribution in [0.25, 0.3) is 0 Å². The Bertz CT molecular complexity index is 794. The molecule has 0 bridgehead atoms. The normalized spacial score (nSPS) is 22.3. The molecule has 1 spiro atoms. The van der Waals surface area contributed by atoms with Crippen LogP contribution in [0.4, 0.5) is 0 Å². The summed E-state index contributed by atoms with van der Waals surface area (Å²) >= 11 is 7.01. The second kappa shape index (κ2) is 5.49. The molecule has 2 heterocycles. The van der Waals surface area contributed by atoms with E-state index in [0.717, 1.165) is 30.9 Å². The van der Waals surface area contributed by atoms with Gasteiger partial charge in [-0.2, -0.15) is 0 Å². The second-order valence-electron chi connectivity index (χ2n) is 6.54. The van der Waals surface area contributed by atoms with Crippen LogP contribution in [-0.4, -0.2) is 28.3 Å². The van der Waals surface area contributed by atoms with Crippen molar-refractivity contribution in [2.75, 3.05) is 13.1 Å². The number of H-pyrrole nitrogens is 1. The van der Waals surface area contributed by atoms with Gasteiger partial charge in [0.05, 0.1) is 0 Å². The SMILES string of the molecule is O=C(c1s[nH]c(=O)c1Cl)N1CC(c2ccccc2)C2(CCC2)C1. The first-order valence-corrected chi connectivity index (χ1v) is 9.01. The van der Waals surface area contributed by atoms with E-state index in [1.54, 1.807) is 0 Å².